The van der Waals surface area contributed by atoms with Crippen LogP contribution in [0, 0.1) is 11.8 Å². The summed E-state index contributed by atoms with van der Waals surface area (Å²) < 4.78 is 0. The van der Waals surface area contributed by atoms with Gasteiger partial charge in [-0.2, -0.15) is 0 Å². The minimum absolute atomic E-state index is 0.887. The van der Waals surface area contributed by atoms with Crippen LogP contribution in [0.15, 0.2) is 0 Å². The fourth-order valence-corrected chi connectivity index (χ4v) is 3.39. The summed E-state index contributed by atoms with van der Waals surface area (Å²) in [7, 11) is 2.24. The molecule has 1 aliphatic carbocycles. The molecule has 2 unspecified atom stereocenters. The highest BCUT2D eigenvalue weighted by atomic mass is 15.3. The Bertz CT molecular complexity index is 187. The number of hydrogen-bond donors (Lipinski definition) is 0. The lowest BCUT2D eigenvalue weighted by molar-refractivity contribution is 0.0652. The van der Waals surface area contributed by atoms with Crippen LogP contribution < -0.4 is 0 Å². The molecule has 2 fully saturated rings. The quantitative estimate of drug-likeness (QED) is 0.653. The Morgan fingerprint density at radius 2 is 1.33 bits per heavy atom. The summed E-state index contributed by atoms with van der Waals surface area (Å²) in [5, 5.41) is 0. The maximum Gasteiger partial charge on any atom is 0.0113 e. The average molecular weight is 210 g/mol. The van der Waals surface area contributed by atoms with Gasteiger partial charge in [-0.1, -0.05) is 13.8 Å². The van der Waals surface area contributed by atoms with Crippen LogP contribution in [0.3, 0.4) is 0 Å². The van der Waals surface area contributed by atoms with E-state index in [4.69, 9.17) is 0 Å². The highest BCUT2D eigenvalue weighted by Crippen LogP contribution is 2.31. The Kier molecular flexibility index (Phi) is 3.68. The number of rotatable bonds is 1. The fourth-order valence-electron chi connectivity index (χ4n) is 3.39. The van der Waals surface area contributed by atoms with E-state index in [9.17, 15) is 0 Å². The zero-order valence-corrected chi connectivity index (χ0v) is 10.6. The van der Waals surface area contributed by atoms with Crippen molar-refractivity contribution < 1.29 is 0 Å². The lowest BCUT2D eigenvalue weighted by atomic mass is 9.79. The lowest BCUT2D eigenvalue weighted by Crippen LogP contribution is -2.50. The van der Waals surface area contributed by atoms with Gasteiger partial charge in [-0.05, 0) is 38.1 Å². The Hall–Kier alpha value is -0.0800. The molecule has 15 heavy (non-hydrogen) atoms. The number of likely N-dealkylation sites (N-methyl/N-ethyl adjacent to an activating group) is 1. The van der Waals surface area contributed by atoms with Gasteiger partial charge >= 0.3 is 0 Å². The van der Waals surface area contributed by atoms with E-state index in [2.05, 4.69) is 30.7 Å². The normalized spacial score (nSPS) is 40.6. The van der Waals surface area contributed by atoms with Crippen molar-refractivity contribution in [1.29, 1.82) is 0 Å². The molecule has 1 saturated carbocycles. The molecule has 1 heterocycles. The van der Waals surface area contributed by atoms with Crippen molar-refractivity contribution >= 4 is 0 Å². The third-order valence-corrected chi connectivity index (χ3v) is 4.21. The Labute approximate surface area is 94.6 Å². The molecule has 0 amide bonds. The largest absolute Gasteiger partial charge is 0.304 e. The second-order valence-electron chi connectivity index (χ2n) is 5.91. The van der Waals surface area contributed by atoms with Crippen LogP contribution >= 0.6 is 0 Å². The highest BCUT2D eigenvalue weighted by molar-refractivity contribution is 4.84. The molecule has 0 aromatic rings. The van der Waals surface area contributed by atoms with Gasteiger partial charge < -0.3 is 4.90 Å². The summed E-state index contributed by atoms with van der Waals surface area (Å²) in [6.07, 6.45) is 4.33. The summed E-state index contributed by atoms with van der Waals surface area (Å²) in [5.74, 6) is 1.89. The van der Waals surface area contributed by atoms with Gasteiger partial charge in [0.25, 0.3) is 0 Å². The zero-order valence-electron chi connectivity index (χ0n) is 10.6. The first-order valence-electron chi connectivity index (χ1n) is 6.57. The molecule has 0 radical (unpaired) electrons. The van der Waals surface area contributed by atoms with Gasteiger partial charge in [0.2, 0.25) is 0 Å². The van der Waals surface area contributed by atoms with Crippen LogP contribution in [0.2, 0.25) is 0 Å². The molecule has 2 nitrogen and oxygen atoms in total. The van der Waals surface area contributed by atoms with Crippen molar-refractivity contribution in [2.75, 3.05) is 33.2 Å². The molecular formula is C13H26N2. The summed E-state index contributed by atoms with van der Waals surface area (Å²) in [6.45, 7) is 9.97. The topological polar surface area (TPSA) is 6.48 Å². The van der Waals surface area contributed by atoms with Crippen molar-refractivity contribution in [3.05, 3.63) is 0 Å². The predicted octanol–water partition coefficient (Wildman–Crippen LogP) is 2.06. The van der Waals surface area contributed by atoms with E-state index in [1.807, 2.05) is 0 Å². The van der Waals surface area contributed by atoms with Crippen molar-refractivity contribution in [2.45, 2.75) is 39.2 Å². The second kappa shape index (κ2) is 4.84. The summed E-state index contributed by atoms with van der Waals surface area (Å²) in [5.41, 5.74) is 0. The Morgan fingerprint density at radius 1 is 0.800 bits per heavy atom. The van der Waals surface area contributed by atoms with Gasteiger partial charge in [-0.3, -0.25) is 4.90 Å². The molecule has 2 rings (SSSR count). The van der Waals surface area contributed by atoms with E-state index in [0.29, 0.717) is 0 Å². The molecule has 2 aliphatic rings. The molecule has 0 N–H and O–H groups in total. The third kappa shape index (κ3) is 2.94. The molecule has 0 aromatic carbocycles. The second-order valence-corrected chi connectivity index (χ2v) is 5.91. The zero-order chi connectivity index (χ0) is 10.8. The molecule has 0 aromatic heterocycles. The van der Waals surface area contributed by atoms with E-state index in [1.165, 1.54) is 45.4 Å². The fraction of sp³-hybridized carbons (Fsp3) is 1.00. The summed E-state index contributed by atoms with van der Waals surface area (Å²) in [4.78, 5) is 5.19. The first kappa shape index (κ1) is 11.4. The van der Waals surface area contributed by atoms with Gasteiger partial charge in [-0.25, -0.2) is 0 Å². The van der Waals surface area contributed by atoms with Crippen molar-refractivity contribution in [3.63, 3.8) is 0 Å². The number of piperazine rings is 1. The Morgan fingerprint density at radius 3 is 1.87 bits per heavy atom. The van der Waals surface area contributed by atoms with Crippen LogP contribution in [0.5, 0.6) is 0 Å². The van der Waals surface area contributed by atoms with Crippen LogP contribution in [0.4, 0.5) is 0 Å². The van der Waals surface area contributed by atoms with Crippen LogP contribution in [-0.4, -0.2) is 49.1 Å². The highest BCUT2D eigenvalue weighted by Gasteiger charge is 2.29. The first-order chi connectivity index (χ1) is 7.15. The lowest BCUT2D eigenvalue weighted by Gasteiger charge is -2.42. The monoisotopic (exact) mass is 210 g/mol. The summed E-state index contributed by atoms with van der Waals surface area (Å²) >= 11 is 0. The maximum absolute atomic E-state index is 2.74. The molecular weight excluding hydrogens is 184 g/mol. The minimum atomic E-state index is 0.887. The van der Waals surface area contributed by atoms with Crippen molar-refractivity contribution in [3.8, 4) is 0 Å². The molecule has 2 atom stereocenters. The van der Waals surface area contributed by atoms with E-state index in [-0.39, 0.29) is 0 Å². The van der Waals surface area contributed by atoms with Gasteiger partial charge in [0.05, 0.1) is 0 Å². The molecule has 0 spiro atoms. The van der Waals surface area contributed by atoms with Crippen molar-refractivity contribution in [1.82, 2.24) is 9.80 Å². The van der Waals surface area contributed by atoms with Crippen LogP contribution in [-0.2, 0) is 0 Å². The molecule has 1 saturated heterocycles. The SMILES string of the molecule is CC1CC(C)CC(N2CCN(C)CC2)C1. The number of hydrogen-bond acceptors (Lipinski definition) is 2. The standard InChI is InChI=1S/C13H26N2/c1-11-8-12(2)10-13(9-11)15-6-4-14(3)5-7-15/h11-13H,4-10H2,1-3H3. The van der Waals surface area contributed by atoms with E-state index < -0.39 is 0 Å². The minimum Gasteiger partial charge on any atom is -0.304 e. The molecule has 0 bridgehead atoms. The molecule has 2 heteroatoms. The van der Waals surface area contributed by atoms with E-state index >= 15 is 0 Å². The first-order valence-corrected chi connectivity index (χ1v) is 6.57. The van der Waals surface area contributed by atoms with Gasteiger partial charge in [0.15, 0.2) is 0 Å². The third-order valence-electron chi connectivity index (χ3n) is 4.21. The maximum atomic E-state index is 2.74. The molecule has 1 aliphatic heterocycles. The van der Waals surface area contributed by atoms with Crippen molar-refractivity contribution in [2.24, 2.45) is 11.8 Å². The van der Waals surface area contributed by atoms with Gasteiger partial charge in [0.1, 0.15) is 0 Å². The van der Waals surface area contributed by atoms with Gasteiger partial charge in [0, 0.05) is 32.2 Å². The predicted molar refractivity (Wildman–Crippen MR) is 65.0 cm³/mol. The average Bonchev–Trinajstić information content (AvgIpc) is 2.17. The number of nitrogens with zero attached hydrogens (tertiary/aromatic N) is 2. The van der Waals surface area contributed by atoms with E-state index in [1.54, 1.807) is 0 Å². The Balaban J connectivity index is 1.87. The smallest absolute Gasteiger partial charge is 0.0113 e. The van der Waals surface area contributed by atoms with Crippen LogP contribution in [0.25, 0.3) is 0 Å². The van der Waals surface area contributed by atoms with Gasteiger partial charge in [-0.15, -0.1) is 0 Å². The summed E-state index contributed by atoms with van der Waals surface area (Å²) in [6, 6.07) is 0.887. The van der Waals surface area contributed by atoms with Crippen LogP contribution in [0.1, 0.15) is 33.1 Å². The molecule has 88 valence electrons. The van der Waals surface area contributed by atoms with E-state index in [0.717, 1.165) is 17.9 Å².